The molecule has 0 aliphatic carbocycles. The van der Waals surface area contributed by atoms with E-state index in [2.05, 4.69) is 18.5 Å². The number of hydrogen-bond acceptors (Lipinski definition) is 24. The maximum absolute atomic E-state index is 13.3. The Balaban J connectivity index is 5.81. The van der Waals surface area contributed by atoms with E-state index in [1.807, 2.05) is 0 Å². The van der Waals surface area contributed by atoms with Crippen LogP contribution < -0.4 is 28.7 Å². The standard InChI is InChI=1S/C34H65N5O21P2/c1-18(2)24(36)28(40)51-12-22(13-52-29(41)25(37)19(3)4)59-32(44)55-16-57-61(47,48)34(46,10-9-11-35)62(49,50)58-17-56-33(45)60-23(14-53-30(42)26(38)20(5)6)15-54-31(43)27(39)21(7)8/h18-27,46H,9-17,35-39H2,1-8H3,(H,47,48)(H,49,50)/t24-,25-,26-,27-/m0/s1. The van der Waals surface area contributed by atoms with Crippen LogP contribution in [-0.2, 0) is 75.3 Å². The van der Waals surface area contributed by atoms with Gasteiger partial charge in [-0.1, -0.05) is 55.4 Å². The molecule has 0 aromatic rings. The average Bonchev–Trinajstić information content (AvgIpc) is 3.19. The molecule has 13 N–H and O–H groups in total. The lowest BCUT2D eigenvalue weighted by Gasteiger charge is -2.33. The summed E-state index contributed by atoms with van der Waals surface area (Å²) in [6.07, 6.45) is -7.87. The van der Waals surface area contributed by atoms with Gasteiger partial charge >= 0.3 is 51.4 Å². The predicted octanol–water partition coefficient (Wildman–Crippen LogP) is -0.160. The Hall–Kier alpha value is -3.52. The predicted molar refractivity (Wildman–Crippen MR) is 213 cm³/mol. The molecule has 2 unspecified atom stereocenters. The van der Waals surface area contributed by atoms with E-state index in [4.69, 9.17) is 57.1 Å². The first-order chi connectivity index (χ1) is 28.5. The fourth-order valence-corrected chi connectivity index (χ4v) is 7.34. The molecule has 0 rings (SSSR count). The first kappa shape index (κ1) is 58.5. The highest BCUT2D eigenvalue weighted by atomic mass is 31.2. The SMILES string of the molecule is CC(C)[C@H](N)C(=O)OCC(COC(=O)[C@@H](N)C(C)C)OC(=O)OCOP(=O)(O)C(O)(CCCN)P(=O)(O)OCOC(=O)OC(COC(=O)[C@@H](N)C(C)C)COC(=O)[C@@H](N)C(C)C. The number of carbonyl (C=O) groups excluding carboxylic acids is 6. The first-order valence-corrected chi connectivity index (χ1v) is 22.4. The minimum atomic E-state index is -5.83. The van der Waals surface area contributed by atoms with E-state index < -0.39 is 146 Å². The second-order valence-electron chi connectivity index (χ2n) is 15.1. The molecule has 0 aliphatic rings. The maximum atomic E-state index is 13.3. The van der Waals surface area contributed by atoms with Gasteiger partial charge in [0, 0.05) is 6.42 Å². The summed E-state index contributed by atoms with van der Waals surface area (Å²) < 4.78 is 75.2. The highest BCUT2D eigenvalue weighted by Crippen LogP contribution is 2.73. The fraction of sp³-hybridized carbons (Fsp3) is 0.824. The van der Waals surface area contributed by atoms with Crippen LogP contribution in [0, 0.1) is 23.7 Å². The van der Waals surface area contributed by atoms with Gasteiger partial charge in [-0.05, 0) is 36.6 Å². The van der Waals surface area contributed by atoms with Crippen molar-refractivity contribution in [3.8, 4) is 0 Å². The summed E-state index contributed by atoms with van der Waals surface area (Å²) in [5.74, 6) is -4.96. The van der Waals surface area contributed by atoms with Gasteiger partial charge in [-0.2, -0.15) is 0 Å². The van der Waals surface area contributed by atoms with Gasteiger partial charge in [-0.3, -0.25) is 37.4 Å². The maximum Gasteiger partial charge on any atom is 0.510 e. The quantitative estimate of drug-likeness (QED) is 0.0209. The molecule has 0 fully saturated rings. The Morgan fingerprint density at radius 3 is 1.00 bits per heavy atom. The van der Waals surface area contributed by atoms with Crippen molar-refractivity contribution in [2.45, 2.75) is 110 Å². The number of hydrogen-bond donors (Lipinski definition) is 8. The normalized spacial score (nSPS) is 16.7. The van der Waals surface area contributed by atoms with E-state index >= 15 is 0 Å². The van der Waals surface area contributed by atoms with E-state index in [1.165, 1.54) is 0 Å². The van der Waals surface area contributed by atoms with Gasteiger partial charge in [0.1, 0.15) is 50.6 Å². The van der Waals surface area contributed by atoms with Crippen LogP contribution in [0.2, 0.25) is 0 Å². The molecule has 362 valence electrons. The third kappa shape index (κ3) is 19.9. The second-order valence-corrected chi connectivity index (χ2v) is 19.5. The molecular weight excluding hydrogens is 876 g/mol. The van der Waals surface area contributed by atoms with Crippen molar-refractivity contribution in [3.63, 3.8) is 0 Å². The highest BCUT2D eigenvalue weighted by Gasteiger charge is 2.62. The second kappa shape index (κ2) is 27.6. The van der Waals surface area contributed by atoms with Crippen LogP contribution in [0.25, 0.3) is 0 Å². The van der Waals surface area contributed by atoms with Crippen LogP contribution in [0.4, 0.5) is 9.59 Å². The zero-order valence-electron chi connectivity index (χ0n) is 36.1. The van der Waals surface area contributed by atoms with Gasteiger partial charge in [0.25, 0.3) is 5.08 Å². The summed E-state index contributed by atoms with van der Waals surface area (Å²) in [5, 5.41) is 7.43. The topological polar surface area (TPSA) is 420 Å². The van der Waals surface area contributed by atoms with Crippen LogP contribution in [-0.4, -0.2) is 139 Å². The third-order valence-electron chi connectivity index (χ3n) is 8.56. The van der Waals surface area contributed by atoms with Crippen molar-refractivity contribution in [2.75, 3.05) is 46.6 Å². The Morgan fingerprint density at radius 1 is 0.516 bits per heavy atom. The van der Waals surface area contributed by atoms with Crippen LogP contribution in [0.3, 0.4) is 0 Å². The lowest BCUT2D eigenvalue weighted by atomic mass is 10.1. The Bertz CT molecular complexity index is 1390. The minimum Gasteiger partial charge on any atom is -0.460 e. The van der Waals surface area contributed by atoms with E-state index in [0.29, 0.717) is 0 Å². The number of carbonyl (C=O) groups is 6. The largest absolute Gasteiger partial charge is 0.510 e. The zero-order chi connectivity index (χ0) is 48.2. The minimum absolute atomic E-state index is 0.310. The van der Waals surface area contributed by atoms with Crippen LogP contribution >= 0.6 is 15.2 Å². The molecule has 0 amide bonds. The van der Waals surface area contributed by atoms with E-state index in [0.717, 1.165) is 0 Å². The molecule has 0 aromatic carbocycles. The van der Waals surface area contributed by atoms with Crippen molar-refractivity contribution < 1.29 is 99.7 Å². The number of aliphatic hydroxyl groups is 1. The monoisotopic (exact) mass is 941 g/mol. The number of nitrogens with two attached hydrogens (primary N) is 5. The third-order valence-corrected chi connectivity index (χ3v) is 13.2. The Labute approximate surface area is 359 Å². The Kier molecular flexibility index (Phi) is 26.1. The molecule has 6 atom stereocenters. The molecule has 0 bridgehead atoms. The van der Waals surface area contributed by atoms with Crippen molar-refractivity contribution in [3.05, 3.63) is 0 Å². The number of ether oxygens (including phenoxy) is 8. The summed E-state index contributed by atoms with van der Waals surface area (Å²) in [4.78, 5) is 95.5. The van der Waals surface area contributed by atoms with Crippen molar-refractivity contribution in [2.24, 2.45) is 52.3 Å². The van der Waals surface area contributed by atoms with Crippen molar-refractivity contribution in [1.82, 2.24) is 0 Å². The average molecular weight is 942 g/mol. The highest BCUT2D eigenvalue weighted by molar-refractivity contribution is 7.72. The molecule has 26 nitrogen and oxygen atoms in total. The van der Waals surface area contributed by atoms with Crippen molar-refractivity contribution >= 4 is 51.4 Å². The summed E-state index contributed by atoms with van der Waals surface area (Å²) in [5.41, 5.74) is 28.5. The lowest BCUT2D eigenvalue weighted by Crippen LogP contribution is -2.41. The van der Waals surface area contributed by atoms with Gasteiger partial charge in [0.2, 0.25) is 13.6 Å². The van der Waals surface area contributed by atoms with Gasteiger partial charge < -0.3 is 81.5 Å². The number of rotatable bonds is 29. The molecule has 0 aliphatic heterocycles. The molecule has 28 heteroatoms. The van der Waals surface area contributed by atoms with E-state index in [-0.39, 0.29) is 30.2 Å². The first-order valence-electron chi connectivity index (χ1n) is 19.3. The van der Waals surface area contributed by atoms with Crippen molar-refractivity contribution in [1.29, 1.82) is 0 Å². The van der Waals surface area contributed by atoms with Gasteiger partial charge in [0.15, 0.2) is 12.2 Å². The summed E-state index contributed by atoms with van der Waals surface area (Å²) >= 11 is 0. The lowest BCUT2D eigenvalue weighted by molar-refractivity contribution is -0.158. The summed E-state index contributed by atoms with van der Waals surface area (Å²) in [7, 11) is -11.7. The summed E-state index contributed by atoms with van der Waals surface area (Å²) in [6.45, 7) is 6.89. The van der Waals surface area contributed by atoms with E-state index in [1.54, 1.807) is 55.4 Å². The molecule has 62 heavy (non-hydrogen) atoms. The van der Waals surface area contributed by atoms with Gasteiger partial charge in [0.05, 0.1) is 0 Å². The van der Waals surface area contributed by atoms with E-state index in [9.17, 15) is 52.8 Å². The molecule has 0 spiro atoms. The fourth-order valence-electron chi connectivity index (χ4n) is 4.03. The van der Waals surface area contributed by atoms with Gasteiger partial charge in [-0.25, -0.2) is 9.59 Å². The smallest absolute Gasteiger partial charge is 0.460 e. The zero-order valence-corrected chi connectivity index (χ0v) is 37.9. The summed E-state index contributed by atoms with van der Waals surface area (Å²) in [6, 6.07) is -4.28. The molecule has 0 saturated heterocycles. The molecule has 0 heterocycles. The van der Waals surface area contributed by atoms with Gasteiger partial charge in [-0.15, -0.1) is 0 Å². The molecule has 0 saturated carbocycles. The van der Waals surface area contributed by atoms with Crippen LogP contribution in [0.5, 0.6) is 0 Å². The van der Waals surface area contributed by atoms with Crippen LogP contribution in [0.15, 0.2) is 0 Å². The molecular formula is C34H65N5O21P2. The number of esters is 4. The molecule has 0 aromatic heterocycles. The Morgan fingerprint density at radius 2 is 0.774 bits per heavy atom. The van der Waals surface area contributed by atoms with Crippen LogP contribution in [0.1, 0.15) is 68.2 Å². The molecule has 0 radical (unpaired) electrons.